The molecule has 0 saturated carbocycles. The Bertz CT molecular complexity index is 419. The molecule has 0 saturated heterocycles. The van der Waals surface area contributed by atoms with Crippen molar-refractivity contribution >= 4 is 11.8 Å². The highest BCUT2D eigenvalue weighted by atomic mass is 32.2. The van der Waals surface area contributed by atoms with Crippen LogP contribution in [0, 0.1) is 6.92 Å². The van der Waals surface area contributed by atoms with Crippen molar-refractivity contribution in [3.63, 3.8) is 0 Å². The highest BCUT2D eigenvalue weighted by molar-refractivity contribution is 7.98. The van der Waals surface area contributed by atoms with Gasteiger partial charge in [0.1, 0.15) is 5.75 Å². The summed E-state index contributed by atoms with van der Waals surface area (Å²) in [6, 6.07) is 7.15. The molecular formula is C16H25NO2S. The van der Waals surface area contributed by atoms with E-state index in [1.807, 2.05) is 11.8 Å². The van der Waals surface area contributed by atoms with Gasteiger partial charge in [0.25, 0.3) is 0 Å². The fourth-order valence-corrected chi connectivity index (χ4v) is 3.37. The molecule has 3 nitrogen and oxygen atoms in total. The molecule has 2 rings (SSSR count). The second-order valence-electron chi connectivity index (χ2n) is 5.42. The van der Waals surface area contributed by atoms with E-state index < -0.39 is 0 Å². The maximum atomic E-state index is 9.21. The van der Waals surface area contributed by atoms with E-state index in [-0.39, 0.29) is 6.61 Å². The minimum atomic E-state index is 0.238. The summed E-state index contributed by atoms with van der Waals surface area (Å²) in [4.78, 5) is 0. The molecule has 0 radical (unpaired) electrons. The number of hydrogen-bond acceptors (Lipinski definition) is 4. The Morgan fingerprint density at radius 1 is 1.50 bits per heavy atom. The summed E-state index contributed by atoms with van der Waals surface area (Å²) in [5, 5.41) is 12.9. The van der Waals surface area contributed by atoms with Crippen molar-refractivity contribution in [2.45, 2.75) is 38.3 Å². The largest absolute Gasteiger partial charge is 0.493 e. The number of benzene rings is 1. The Balaban J connectivity index is 2.14. The van der Waals surface area contributed by atoms with Gasteiger partial charge in [0, 0.05) is 30.0 Å². The van der Waals surface area contributed by atoms with E-state index in [0.717, 1.165) is 37.4 Å². The van der Waals surface area contributed by atoms with Gasteiger partial charge in [0.2, 0.25) is 0 Å². The van der Waals surface area contributed by atoms with Crippen LogP contribution in [0.5, 0.6) is 5.75 Å². The monoisotopic (exact) mass is 295 g/mol. The number of ether oxygens (including phenoxy) is 1. The van der Waals surface area contributed by atoms with E-state index in [1.54, 1.807) is 0 Å². The Morgan fingerprint density at radius 2 is 2.35 bits per heavy atom. The number of hydrogen-bond donors (Lipinski definition) is 2. The Hall–Kier alpha value is -0.710. The lowest BCUT2D eigenvalue weighted by atomic mass is 9.99. The van der Waals surface area contributed by atoms with Crippen LogP contribution in [0.1, 0.15) is 36.4 Å². The minimum Gasteiger partial charge on any atom is -0.493 e. The van der Waals surface area contributed by atoms with Crippen LogP contribution < -0.4 is 10.1 Å². The van der Waals surface area contributed by atoms with E-state index >= 15 is 0 Å². The van der Waals surface area contributed by atoms with Crippen molar-refractivity contribution in [1.29, 1.82) is 0 Å². The number of aliphatic hydroxyl groups is 1. The highest BCUT2D eigenvalue weighted by Crippen LogP contribution is 2.32. The minimum absolute atomic E-state index is 0.238. The third-order valence-corrected chi connectivity index (χ3v) is 4.46. The molecule has 2 atom stereocenters. The zero-order chi connectivity index (χ0) is 14.4. The molecule has 1 aliphatic rings. The lowest BCUT2D eigenvalue weighted by Crippen LogP contribution is -2.35. The van der Waals surface area contributed by atoms with Gasteiger partial charge in [-0.2, -0.15) is 11.8 Å². The first-order chi connectivity index (χ1) is 9.74. The number of thioether (sulfide) groups is 1. The first-order valence-corrected chi connectivity index (χ1v) is 8.73. The lowest BCUT2D eigenvalue weighted by molar-refractivity contribution is 0.262. The summed E-state index contributed by atoms with van der Waals surface area (Å²) in [7, 11) is 0. The van der Waals surface area contributed by atoms with Crippen molar-refractivity contribution in [2.75, 3.05) is 25.2 Å². The molecule has 0 amide bonds. The van der Waals surface area contributed by atoms with Crippen LogP contribution in [0.25, 0.3) is 0 Å². The molecule has 0 bridgehead atoms. The molecule has 2 N–H and O–H groups in total. The van der Waals surface area contributed by atoms with Gasteiger partial charge in [-0.05, 0) is 44.1 Å². The first-order valence-electron chi connectivity index (χ1n) is 7.33. The second kappa shape index (κ2) is 7.91. The van der Waals surface area contributed by atoms with Gasteiger partial charge in [-0.15, -0.1) is 0 Å². The predicted molar refractivity (Wildman–Crippen MR) is 85.7 cm³/mol. The average Bonchev–Trinajstić information content (AvgIpc) is 2.61. The van der Waals surface area contributed by atoms with Crippen molar-refractivity contribution in [3.05, 3.63) is 29.3 Å². The molecule has 1 heterocycles. The maximum Gasteiger partial charge on any atom is 0.124 e. The fraction of sp³-hybridized carbons (Fsp3) is 0.625. The first kappa shape index (κ1) is 15.7. The molecule has 0 spiro atoms. The fourth-order valence-electron chi connectivity index (χ4n) is 2.71. The van der Waals surface area contributed by atoms with Gasteiger partial charge in [-0.3, -0.25) is 0 Å². The quantitative estimate of drug-likeness (QED) is 0.847. The molecule has 1 aromatic carbocycles. The van der Waals surface area contributed by atoms with E-state index in [0.29, 0.717) is 12.1 Å². The topological polar surface area (TPSA) is 41.5 Å². The summed E-state index contributed by atoms with van der Waals surface area (Å²) in [6.45, 7) is 3.13. The molecule has 112 valence electrons. The van der Waals surface area contributed by atoms with E-state index in [4.69, 9.17) is 4.74 Å². The molecule has 1 aromatic rings. The van der Waals surface area contributed by atoms with Crippen LogP contribution in [-0.4, -0.2) is 36.4 Å². The Kier molecular flexibility index (Phi) is 6.20. The van der Waals surface area contributed by atoms with Crippen molar-refractivity contribution in [3.8, 4) is 5.75 Å². The molecule has 0 aromatic heterocycles. The Labute approximate surface area is 126 Å². The molecule has 20 heavy (non-hydrogen) atoms. The highest BCUT2D eigenvalue weighted by Gasteiger charge is 2.22. The van der Waals surface area contributed by atoms with E-state index in [9.17, 15) is 5.11 Å². The smallest absolute Gasteiger partial charge is 0.124 e. The normalized spacial score (nSPS) is 19.9. The van der Waals surface area contributed by atoms with Crippen LogP contribution in [0.2, 0.25) is 0 Å². The molecule has 1 aliphatic heterocycles. The van der Waals surface area contributed by atoms with Gasteiger partial charge in [0.05, 0.1) is 6.61 Å². The summed E-state index contributed by atoms with van der Waals surface area (Å²) in [6.07, 6.45) is 5.07. The van der Waals surface area contributed by atoms with Crippen molar-refractivity contribution in [2.24, 2.45) is 0 Å². The van der Waals surface area contributed by atoms with Crippen LogP contribution >= 0.6 is 11.8 Å². The van der Waals surface area contributed by atoms with Gasteiger partial charge >= 0.3 is 0 Å². The van der Waals surface area contributed by atoms with E-state index in [2.05, 4.69) is 36.7 Å². The molecular weight excluding hydrogens is 270 g/mol. The molecule has 0 fully saturated rings. The number of nitrogens with one attached hydrogen (secondary N) is 1. The molecule has 2 unspecified atom stereocenters. The third-order valence-electron chi connectivity index (χ3n) is 3.72. The zero-order valence-electron chi connectivity index (χ0n) is 12.4. The maximum absolute atomic E-state index is 9.21. The van der Waals surface area contributed by atoms with Crippen molar-refractivity contribution < 1.29 is 9.84 Å². The summed E-state index contributed by atoms with van der Waals surface area (Å²) < 4.78 is 5.87. The molecule has 4 heteroatoms. The van der Waals surface area contributed by atoms with Gasteiger partial charge < -0.3 is 15.2 Å². The van der Waals surface area contributed by atoms with Crippen LogP contribution in [0.15, 0.2) is 18.2 Å². The zero-order valence-corrected chi connectivity index (χ0v) is 13.2. The third kappa shape index (κ3) is 4.14. The lowest BCUT2D eigenvalue weighted by Gasteiger charge is -2.25. The number of rotatable bonds is 6. The number of aryl methyl sites for hydroxylation is 1. The average molecular weight is 295 g/mol. The molecule has 0 aliphatic carbocycles. The Morgan fingerprint density at radius 3 is 3.10 bits per heavy atom. The van der Waals surface area contributed by atoms with Gasteiger partial charge in [-0.25, -0.2) is 0 Å². The summed E-state index contributed by atoms with van der Waals surface area (Å²) in [5.41, 5.74) is 2.50. The van der Waals surface area contributed by atoms with Crippen LogP contribution in [0.3, 0.4) is 0 Å². The van der Waals surface area contributed by atoms with Gasteiger partial charge in [0.15, 0.2) is 0 Å². The van der Waals surface area contributed by atoms with Crippen molar-refractivity contribution in [1.82, 2.24) is 5.32 Å². The summed E-state index contributed by atoms with van der Waals surface area (Å²) >= 11 is 1.82. The predicted octanol–water partition coefficient (Wildman–Crippen LogP) is 2.91. The van der Waals surface area contributed by atoms with Crippen LogP contribution in [0.4, 0.5) is 0 Å². The van der Waals surface area contributed by atoms with Gasteiger partial charge in [-0.1, -0.05) is 12.1 Å². The summed E-state index contributed by atoms with van der Waals surface area (Å²) in [5.74, 6) is 2.05. The number of aliphatic hydroxyl groups excluding tert-OH is 1. The van der Waals surface area contributed by atoms with E-state index in [1.165, 1.54) is 11.1 Å². The SMILES string of the molecule is CSCC(CCO)NC1CCCOc2cc(C)ccc21. The number of fused-ring (bicyclic) bond motifs is 1. The van der Waals surface area contributed by atoms with Crippen LogP contribution in [-0.2, 0) is 0 Å². The second-order valence-corrected chi connectivity index (χ2v) is 6.33. The standard InChI is InChI=1S/C16H25NO2S/c1-12-5-6-14-15(4-3-9-19-16(14)10-12)17-13(7-8-18)11-20-2/h5-6,10,13,15,17-18H,3-4,7-9,11H2,1-2H3.